The van der Waals surface area contributed by atoms with Gasteiger partial charge in [0.1, 0.15) is 28.0 Å². The van der Waals surface area contributed by atoms with E-state index in [4.69, 9.17) is 59.5 Å². The molecule has 38 heavy (non-hydrogen) atoms. The summed E-state index contributed by atoms with van der Waals surface area (Å²) >= 11 is 19.9. The molecular weight excluding hydrogens is 571 g/mol. The first kappa shape index (κ1) is 26.0. The number of halogens is 3. The molecule has 7 nitrogen and oxygen atoms in total. The monoisotopic (exact) mass is 586 g/mol. The molecule has 0 radical (unpaired) electrons. The molecule has 0 aliphatic carbocycles. The van der Waals surface area contributed by atoms with Gasteiger partial charge in [0.2, 0.25) is 5.88 Å². The minimum Gasteiger partial charge on any atom is -0.493 e. The van der Waals surface area contributed by atoms with Crippen LogP contribution in [0.4, 0.5) is 0 Å². The molecule has 2 N–H and O–H groups in total. The maximum absolute atomic E-state index is 13.0. The molecule has 0 saturated heterocycles. The number of carbonyl (C=O) groups excluding carboxylic acids is 1. The highest BCUT2D eigenvalue weighted by atomic mass is 35.5. The number of fused-ring (bicyclic) bond motifs is 2. The zero-order chi connectivity index (χ0) is 27.1. The van der Waals surface area contributed by atoms with E-state index in [-0.39, 0.29) is 27.1 Å². The molecule has 3 aromatic carbocycles. The van der Waals surface area contributed by atoms with Crippen molar-refractivity contribution in [3.63, 3.8) is 0 Å². The molecular formula is C27H17Cl3N2O5S. The van der Waals surface area contributed by atoms with Crippen molar-refractivity contribution < 1.29 is 23.7 Å². The lowest BCUT2D eigenvalue weighted by Crippen LogP contribution is -2.21. The first-order valence-corrected chi connectivity index (χ1v) is 12.9. The van der Waals surface area contributed by atoms with Crippen molar-refractivity contribution in [2.24, 2.45) is 5.73 Å². The summed E-state index contributed by atoms with van der Waals surface area (Å²) in [6.07, 6.45) is 0. The van der Waals surface area contributed by atoms with Crippen LogP contribution in [0.1, 0.15) is 26.7 Å². The van der Waals surface area contributed by atoms with Gasteiger partial charge < -0.3 is 24.7 Å². The number of nitrogens with two attached hydrogens (primary N) is 1. The zero-order valence-corrected chi connectivity index (χ0v) is 22.9. The molecule has 4 aromatic rings. The van der Waals surface area contributed by atoms with Crippen LogP contribution in [-0.4, -0.2) is 20.2 Å². The van der Waals surface area contributed by atoms with Gasteiger partial charge in [-0.3, -0.25) is 0 Å². The highest BCUT2D eigenvalue weighted by Crippen LogP contribution is 2.46. The van der Waals surface area contributed by atoms with Gasteiger partial charge in [-0.05, 0) is 35.9 Å². The summed E-state index contributed by atoms with van der Waals surface area (Å²) in [7, 11) is 3.07. The maximum atomic E-state index is 13.0. The normalized spacial score (nSPS) is 14.5. The van der Waals surface area contributed by atoms with Crippen molar-refractivity contribution in [1.82, 2.24) is 0 Å². The number of carbonyl (C=O) groups is 1. The molecule has 5 rings (SSSR count). The van der Waals surface area contributed by atoms with Crippen molar-refractivity contribution in [1.29, 1.82) is 5.26 Å². The van der Waals surface area contributed by atoms with Crippen LogP contribution in [0.15, 0.2) is 60.0 Å². The molecule has 1 unspecified atom stereocenters. The van der Waals surface area contributed by atoms with E-state index in [0.29, 0.717) is 42.9 Å². The van der Waals surface area contributed by atoms with Gasteiger partial charge in [-0.15, -0.1) is 11.3 Å². The Kier molecular flexibility index (Phi) is 7.03. The number of benzene rings is 3. The Hall–Kier alpha value is -3.61. The quantitative estimate of drug-likeness (QED) is 0.193. The topological polar surface area (TPSA) is 104 Å². The first-order chi connectivity index (χ1) is 18.2. The summed E-state index contributed by atoms with van der Waals surface area (Å²) < 4.78 is 22.8. The maximum Gasteiger partial charge on any atom is 0.355 e. The lowest BCUT2D eigenvalue weighted by Gasteiger charge is -2.27. The minimum atomic E-state index is -0.670. The highest BCUT2D eigenvalue weighted by molar-refractivity contribution is 7.21. The van der Waals surface area contributed by atoms with Crippen molar-refractivity contribution in [2.45, 2.75) is 5.92 Å². The molecule has 0 bridgehead atoms. The minimum absolute atomic E-state index is 0.0534. The fraction of sp³-hybridized carbons (Fsp3) is 0.111. The van der Waals surface area contributed by atoms with Crippen LogP contribution in [0, 0.1) is 11.3 Å². The van der Waals surface area contributed by atoms with E-state index < -0.39 is 11.9 Å². The molecule has 0 spiro atoms. The summed E-state index contributed by atoms with van der Waals surface area (Å²) in [5, 5.41) is 11.3. The Bertz CT molecular complexity index is 1690. The lowest BCUT2D eigenvalue weighted by atomic mass is 9.83. The molecule has 0 fully saturated rings. The number of hydrogen-bond acceptors (Lipinski definition) is 8. The molecule has 192 valence electrons. The van der Waals surface area contributed by atoms with Crippen LogP contribution < -0.4 is 24.7 Å². The fourth-order valence-corrected chi connectivity index (χ4v) is 6.52. The largest absolute Gasteiger partial charge is 0.493 e. The van der Waals surface area contributed by atoms with E-state index in [1.165, 1.54) is 13.2 Å². The molecule has 1 atom stereocenters. The van der Waals surface area contributed by atoms with Gasteiger partial charge in [-0.2, -0.15) is 5.26 Å². The third-order valence-corrected chi connectivity index (χ3v) is 8.10. The van der Waals surface area contributed by atoms with E-state index >= 15 is 0 Å². The SMILES string of the molecule is COc1ccc(C2C(C#N)=C(N)Oc3cc(OC(=O)c4sc5cc(Cl)cc(Cl)c5c4Cl)ccc32)cc1OC. The van der Waals surface area contributed by atoms with Crippen LogP contribution in [0.5, 0.6) is 23.0 Å². The number of nitrogens with zero attached hydrogens (tertiary/aromatic N) is 1. The van der Waals surface area contributed by atoms with Gasteiger partial charge in [-0.1, -0.05) is 46.9 Å². The van der Waals surface area contributed by atoms with Gasteiger partial charge in [-0.25, -0.2) is 4.79 Å². The average Bonchev–Trinajstić information content (AvgIpc) is 3.23. The van der Waals surface area contributed by atoms with Crippen LogP contribution in [0.25, 0.3) is 10.1 Å². The van der Waals surface area contributed by atoms with Crippen molar-refractivity contribution in [2.75, 3.05) is 14.2 Å². The van der Waals surface area contributed by atoms with Gasteiger partial charge >= 0.3 is 5.97 Å². The second-order valence-corrected chi connectivity index (χ2v) is 10.4. The number of thiophene rings is 1. The second-order valence-electron chi connectivity index (χ2n) is 8.13. The number of nitriles is 1. The number of methoxy groups -OCH3 is 2. The molecule has 1 aromatic heterocycles. The third kappa shape index (κ3) is 4.48. The molecule has 1 aliphatic rings. The Balaban J connectivity index is 1.51. The van der Waals surface area contributed by atoms with Crippen LogP contribution in [0.2, 0.25) is 15.1 Å². The second kappa shape index (κ2) is 10.3. The Morgan fingerprint density at radius 3 is 2.53 bits per heavy atom. The van der Waals surface area contributed by atoms with E-state index in [2.05, 4.69) is 6.07 Å². The van der Waals surface area contributed by atoms with Gasteiger partial charge in [0.05, 0.1) is 30.2 Å². The average molecular weight is 588 g/mol. The van der Waals surface area contributed by atoms with E-state index in [9.17, 15) is 10.1 Å². The summed E-state index contributed by atoms with van der Waals surface area (Å²) in [5.74, 6) is 0.316. The van der Waals surface area contributed by atoms with Crippen molar-refractivity contribution in [3.8, 4) is 29.1 Å². The molecule has 0 saturated carbocycles. The lowest BCUT2D eigenvalue weighted by molar-refractivity contribution is 0.0740. The van der Waals surface area contributed by atoms with Gasteiger partial charge in [0, 0.05) is 26.7 Å². The van der Waals surface area contributed by atoms with Crippen LogP contribution in [-0.2, 0) is 0 Å². The van der Waals surface area contributed by atoms with Crippen LogP contribution >= 0.6 is 46.1 Å². The summed E-state index contributed by atoms with van der Waals surface area (Å²) in [6.45, 7) is 0. The summed E-state index contributed by atoms with van der Waals surface area (Å²) in [4.78, 5) is 13.2. The van der Waals surface area contributed by atoms with Gasteiger partial charge in [0.15, 0.2) is 11.5 Å². The molecule has 0 amide bonds. The molecule has 2 heterocycles. The number of allylic oxidation sites excluding steroid dienone is 1. The smallest absolute Gasteiger partial charge is 0.355 e. The van der Waals surface area contributed by atoms with Crippen molar-refractivity contribution >= 4 is 62.2 Å². The number of hydrogen-bond donors (Lipinski definition) is 1. The molecule has 1 aliphatic heterocycles. The summed E-state index contributed by atoms with van der Waals surface area (Å²) in [6, 6.07) is 15.6. The Morgan fingerprint density at radius 1 is 1.05 bits per heavy atom. The fourth-order valence-electron chi connectivity index (χ4n) is 4.27. The number of rotatable bonds is 5. The third-order valence-electron chi connectivity index (χ3n) is 5.98. The molecule has 11 heteroatoms. The predicted molar refractivity (Wildman–Crippen MR) is 147 cm³/mol. The van der Waals surface area contributed by atoms with Gasteiger partial charge in [0.25, 0.3) is 0 Å². The highest BCUT2D eigenvalue weighted by Gasteiger charge is 2.32. The Labute approximate surface area is 236 Å². The van der Waals surface area contributed by atoms with Crippen molar-refractivity contribution in [3.05, 3.63) is 91.1 Å². The number of ether oxygens (including phenoxy) is 4. The first-order valence-electron chi connectivity index (χ1n) is 11.0. The van der Waals surface area contributed by atoms with E-state index in [1.807, 2.05) is 6.07 Å². The zero-order valence-electron chi connectivity index (χ0n) is 19.8. The van der Waals surface area contributed by atoms with E-state index in [0.717, 1.165) is 16.9 Å². The van der Waals surface area contributed by atoms with Crippen LogP contribution in [0.3, 0.4) is 0 Å². The Morgan fingerprint density at radius 2 is 1.82 bits per heavy atom. The number of esters is 1. The summed E-state index contributed by atoms with van der Waals surface area (Å²) in [5.41, 5.74) is 7.76. The predicted octanol–water partition coefficient (Wildman–Crippen LogP) is 7.32. The standard InChI is InChI=1S/C27H17Cl3N2O5S/c1-34-18-6-3-12(7-20(18)35-2)22-15-5-4-14(10-19(15)37-26(32)16(22)11-31)36-27(33)25-24(30)23-17(29)8-13(28)9-21(23)38-25/h3-10,22H,32H2,1-2H3. The van der Waals surface area contributed by atoms with E-state index in [1.54, 1.807) is 43.5 Å².